The third-order valence-corrected chi connectivity index (χ3v) is 6.03. The van der Waals surface area contributed by atoms with Crippen LogP contribution in [0, 0.1) is 5.92 Å². The molecule has 178 valence electrons. The molecular weight excluding hydrogens is 431 g/mol. The number of anilines is 2. The molecule has 1 aromatic rings. The number of rotatable bonds is 6. The predicted molar refractivity (Wildman–Crippen MR) is 126 cm³/mol. The monoisotopic (exact) mass is 461 g/mol. The van der Waals surface area contributed by atoms with Gasteiger partial charge >= 0.3 is 6.18 Å². The highest BCUT2D eigenvalue weighted by Crippen LogP contribution is 2.34. The van der Waals surface area contributed by atoms with Crippen LogP contribution >= 0.6 is 0 Å². The number of amidine groups is 1. The van der Waals surface area contributed by atoms with Crippen molar-refractivity contribution in [1.29, 1.82) is 0 Å². The Hall–Kier alpha value is -3.10. The second-order valence-corrected chi connectivity index (χ2v) is 8.44. The average molecular weight is 462 g/mol. The standard InChI is InChI=1S/C24H30F3N5O/c1-15-12-18(23(33)32(4)11-9-24(25,26)27)7-8-19(15)16(2)22(28-3)31-21-13-17-6-5-10-29-20(17)14-30-21/h5-6,13-14,18,29H,2,7-12H2,1,3-4H3,(H,28,30,31). The molecule has 0 spiro atoms. The first-order valence-corrected chi connectivity index (χ1v) is 10.9. The molecule has 2 N–H and O–H groups in total. The van der Waals surface area contributed by atoms with Crippen molar-refractivity contribution in [3.8, 4) is 0 Å². The summed E-state index contributed by atoms with van der Waals surface area (Å²) in [7, 11) is 3.11. The number of fused-ring (bicyclic) bond motifs is 1. The van der Waals surface area contributed by atoms with Gasteiger partial charge in [-0.15, -0.1) is 0 Å². The molecule has 0 bridgehead atoms. The van der Waals surface area contributed by atoms with E-state index in [4.69, 9.17) is 0 Å². The third kappa shape index (κ3) is 6.24. The second-order valence-electron chi connectivity index (χ2n) is 8.44. The fourth-order valence-corrected chi connectivity index (χ4v) is 4.17. The molecule has 2 heterocycles. The number of allylic oxidation sites excluding steroid dienone is 1. The summed E-state index contributed by atoms with van der Waals surface area (Å²) in [6.07, 6.45) is 2.24. The maximum Gasteiger partial charge on any atom is 0.390 e. The molecule has 0 aromatic carbocycles. The summed E-state index contributed by atoms with van der Waals surface area (Å²) >= 11 is 0. The quantitative estimate of drug-likeness (QED) is 0.460. The summed E-state index contributed by atoms with van der Waals surface area (Å²) in [4.78, 5) is 22.6. The van der Waals surface area contributed by atoms with Crippen LogP contribution in [0.1, 0.15) is 38.2 Å². The van der Waals surface area contributed by atoms with Crippen molar-refractivity contribution in [3.05, 3.63) is 47.2 Å². The van der Waals surface area contributed by atoms with Crippen LogP contribution in [-0.4, -0.2) is 55.0 Å². The lowest BCUT2D eigenvalue weighted by atomic mass is 9.81. The van der Waals surface area contributed by atoms with Crippen molar-refractivity contribution >= 4 is 29.3 Å². The van der Waals surface area contributed by atoms with Gasteiger partial charge in [-0.25, -0.2) is 4.98 Å². The lowest BCUT2D eigenvalue weighted by Gasteiger charge is -2.30. The van der Waals surface area contributed by atoms with Gasteiger partial charge in [0.25, 0.3) is 0 Å². The number of hydrogen-bond donors (Lipinski definition) is 2. The number of amides is 1. The number of carbonyl (C=O) groups is 1. The van der Waals surface area contributed by atoms with Crippen molar-refractivity contribution in [1.82, 2.24) is 9.88 Å². The Bertz CT molecular complexity index is 1010. The lowest BCUT2D eigenvalue weighted by Crippen LogP contribution is -2.36. The number of alkyl halides is 3. The average Bonchev–Trinajstić information content (AvgIpc) is 2.79. The van der Waals surface area contributed by atoms with E-state index < -0.39 is 12.6 Å². The largest absolute Gasteiger partial charge is 0.390 e. The summed E-state index contributed by atoms with van der Waals surface area (Å²) in [6, 6.07) is 1.93. The molecule has 1 amide bonds. The zero-order valence-corrected chi connectivity index (χ0v) is 19.2. The summed E-state index contributed by atoms with van der Waals surface area (Å²) < 4.78 is 37.5. The summed E-state index contributed by atoms with van der Waals surface area (Å²) in [6.45, 7) is 6.61. The second kappa shape index (κ2) is 10.2. The van der Waals surface area contributed by atoms with Gasteiger partial charge in [0.15, 0.2) is 0 Å². The molecule has 6 nitrogen and oxygen atoms in total. The highest BCUT2D eigenvalue weighted by Gasteiger charge is 2.32. The number of nitrogens with zero attached hydrogens (tertiary/aromatic N) is 3. The number of halogens is 3. The van der Waals surface area contributed by atoms with E-state index in [0.29, 0.717) is 30.9 Å². The van der Waals surface area contributed by atoms with Crippen LogP contribution in [-0.2, 0) is 4.79 Å². The van der Waals surface area contributed by atoms with Crippen LogP contribution in [0.2, 0.25) is 0 Å². The van der Waals surface area contributed by atoms with E-state index in [1.54, 1.807) is 13.2 Å². The first-order valence-electron chi connectivity index (χ1n) is 10.9. The lowest BCUT2D eigenvalue weighted by molar-refractivity contribution is -0.146. The summed E-state index contributed by atoms with van der Waals surface area (Å²) in [5, 5.41) is 6.50. The van der Waals surface area contributed by atoms with Gasteiger partial charge in [0.1, 0.15) is 11.7 Å². The molecule has 0 saturated heterocycles. The number of carbonyl (C=O) groups excluding carboxylic acids is 1. The SMILES string of the molecule is C=C(C(=NC)Nc1cc2c(cn1)NCC=C2)C1=C(C)CC(C(=O)N(C)CCC(F)(F)F)CC1. The van der Waals surface area contributed by atoms with Crippen molar-refractivity contribution in [2.75, 3.05) is 37.8 Å². The molecule has 9 heteroatoms. The smallest absolute Gasteiger partial charge is 0.380 e. The minimum absolute atomic E-state index is 0.245. The fourth-order valence-electron chi connectivity index (χ4n) is 4.17. The number of pyridine rings is 1. The van der Waals surface area contributed by atoms with Gasteiger partial charge in [-0.2, -0.15) is 13.2 Å². The Morgan fingerprint density at radius 3 is 2.85 bits per heavy atom. The van der Waals surface area contributed by atoms with Crippen molar-refractivity contribution < 1.29 is 18.0 Å². The van der Waals surface area contributed by atoms with E-state index in [9.17, 15) is 18.0 Å². The van der Waals surface area contributed by atoms with E-state index >= 15 is 0 Å². The summed E-state index contributed by atoms with van der Waals surface area (Å²) in [5.41, 5.74) is 4.76. The molecule has 33 heavy (non-hydrogen) atoms. The molecule has 1 aliphatic heterocycles. The van der Waals surface area contributed by atoms with E-state index in [1.807, 2.05) is 25.1 Å². The third-order valence-electron chi connectivity index (χ3n) is 6.03. The van der Waals surface area contributed by atoms with Gasteiger partial charge in [-0.1, -0.05) is 24.3 Å². The Kier molecular flexibility index (Phi) is 7.61. The molecule has 0 saturated carbocycles. The van der Waals surface area contributed by atoms with Gasteiger partial charge in [0.05, 0.1) is 18.3 Å². The van der Waals surface area contributed by atoms with Crippen LogP contribution in [0.3, 0.4) is 0 Å². The molecule has 0 fully saturated rings. The first kappa shape index (κ1) is 24.5. The molecular formula is C24H30F3N5O. The zero-order chi connectivity index (χ0) is 24.2. The van der Waals surface area contributed by atoms with Crippen molar-refractivity contribution in [3.63, 3.8) is 0 Å². The number of nitrogens with one attached hydrogen (secondary N) is 2. The summed E-state index contributed by atoms with van der Waals surface area (Å²) in [5.74, 6) is 0.677. The van der Waals surface area contributed by atoms with Gasteiger partial charge < -0.3 is 15.5 Å². The van der Waals surface area contributed by atoms with E-state index in [0.717, 1.165) is 34.5 Å². The van der Waals surface area contributed by atoms with Gasteiger partial charge in [0, 0.05) is 44.2 Å². The van der Waals surface area contributed by atoms with Crippen LogP contribution in [0.15, 0.2) is 46.6 Å². The van der Waals surface area contributed by atoms with E-state index in [1.165, 1.54) is 11.9 Å². The Morgan fingerprint density at radius 2 is 2.18 bits per heavy atom. The molecule has 1 aromatic heterocycles. The number of aliphatic imine (C=N–C) groups is 1. The highest BCUT2D eigenvalue weighted by atomic mass is 19.4. The minimum Gasteiger partial charge on any atom is -0.380 e. The van der Waals surface area contributed by atoms with E-state index in [-0.39, 0.29) is 18.4 Å². The maximum absolute atomic E-state index is 12.6. The predicted octanol–water partition coefficient (Wildman–Crippen LogP) is 5.04. The fraction of sp³-hybridized carbons (Fsp3) is 0.458. The number of aromatic nitrogens is 1. The zero-order valence-electron chi connectivity index (χ0n) is 19.2. The topological polar surface area (TPSA) is 69.6 Å². The highest BCUT2D eigenvalue weighted by molar-refractivity contribution is 6.10. The molecule has 1 atom stereocenters. The molecule has 2 aliphatic rings. The van der Waals surface area contributed by atoms with Gasteiger partial charge in [0.2, 0.25) is 5.91 Å². The first-order chi connectivity index (χ1) is 15.6. The number of hydrogen-bond acceptors (Lipinski definition) is 4. The molecule has 1 aliphatic carbocycles. The molecule has 0 radical (unpaired) electrons. The Balaban J connectivity index is 1.66. The molecule has 3 rings (SSSR count). The van der Waals surface area contributed by atoms with Crippen LogP contribution in [0.5, 0.6) is 0 Å². The Labute approximate surface area is 192 Å². The molecule has 1 unspecified atom stereocenters. The van der Waals surface area contributed by atoms with Crippen LogP contribution in [0.25, 0.3) is 6.08 Å². The van der Waals surface area contributed by atoms with Gasteiger partial charge in [-0.05, 0) is 37.8 Å². The van der Waals surface area contributed by atoms with Crippen LogP contribution < -0.4 is 10.6 Å². The van der Waals surface area contributed by atoms with Crippen molar-refractivity contribution in [2.24, 2.45) is 10.9 Å². The maximum atomic E-state index is 12.6. The minimum atomic E-state index is -4.27. The van der Waals surface area contributed by atoms with Crippen LogP contribution in [0.4, 0.5) is 24.7 Å². The Morgan fingerprint density at radius 1 is 1.42 bits per heavy atom. The van der Waals surface area contributed by atoms with Crippen molar-refractivity contribution in [2.45, 2.75) is 38.8 Å². The van der Waals surface area contributed by atoms with Gasteiger partial charge in [-0.3, -0.25) is 9.79 Å². The van der Waals surface area contributed by atoms with E-state index in [2.05, 4.69) is 27.2 Å². The normalized spacial score (nSPS) is 18.5.